The minimum Gasteiger partial charge on any atom is -0.379 e. The molecule has 0 atom stereocenters. The molecule has 5 nitrogen and oxygen atoms in total. The first-order valence-corrected chi connectivity index (χ1v) is 10.5. The summed E-state index contributed by atoms with van der Waals surface area (Å²) in [7, 11) is 2.13. The van der Waals surface area contributed by atoms with E-state index in [4.69, 9.17) is 32.9 Å². The summed E-state index contributed by atoms with van der Waals surface area (Å²) in [5.74, 6) is 1.48. The molecule has 7 heteroatoms. The molecule has 1 aromatic heterocycles. The van der Waals surface area contributed by atoms with Gasteiger partial charge in [0.15, 0.2) is 0 Å². The van der Waals surface area contributed by atoms with Gasteiger partial charge in [0.05, 0.1) is 36.2 Å². The number of benzene rings is 1. The van der Waals surface area contributed by atoms with Gasteiger partial charge in [0.2, 0.25) is 0 Å². The SMILES string of the molecule is CC(C)C1=Cn2c(nc(-c3ccc(Cl)cc3Cl)c2CN2CCOCC2)CN1C. The van der Waals surface area contributed by atoms with E-state index < -0.39 is 0 Å². The van der Waals surface area contributed by atoms with Crippen molar-refractivity contribution in [2.45, 2.75) is 26.9 Å². The van der Waals surface area contributed by atoms with Crippen LogP contribution in [0.15, 0.2) is 23.9 Å². The average molecular weight is 421 g/mol. The second kappa shape index (κ2) is 8.07. The molecule has 0 amide bonds. The third-order valence-electron chi connectivity index (χ3n) is 5.42. The number of imidazole rings is 1. The van der Waals surface area contributed by atoms with Crippen LogP contribution in [0.1, 0.15) is 25.4 Å². The normalized spacial score (nSPS) is 17.8. The molecule has 2 aliphatic rings. The molecular formula is C21H26Cl2N4O. The van der Waals surface area contributed by atoms with E-state index in [0.29, 0.717) is 16.0 Å². The van der Waals surface area contributed by atoms with Gasteiger partial charge in [0.25, 0.3) is 0 Å². The fourth-order valence-corrected chi connectivity index (χ4v) is 4.42. The van der Waals surface area contributed by atoms with Crippen LogP contribution in [0.2, 0.25) is 10.0 Å². The molecule has 1 aromatic carbocycles. The lowest BCUT2D eigenvalue weighted by molar-refractivity contribution is 0.0335. The van der Waals surface area contributed by atoms with Crippen molar-refractivity contribution in [3.05, 3.63) is 45.5 Å². The molecule has 1 fully saturated rings. The van der Waals surface area contributed by atoms with Crippen LogP contribution >= 0.6 is 23.2 Å². The smallest absolute Gasteiger partial charge is 0.133 e. The van der Waals surface area contributed by atoms with Crippen molar-refractivity contribution in [1.29, 1.82) is 0 Å². The fraction of sp³-hybridized carbons (Fsp3) is 0.476. The molecule has 0 saturated carbocycles. The maximum atomic E-state index is 6.56. The van der Waals surface area contributed by atoms with Gasteiger partial charge >= 0.3 is 0 Å². The van der Waals surface area contributed by atoms with E-state index in [1.165, 1.54) is 11.4 Å². The Labute approximate surface area is 176 Å². The predicted molar refractivity (Wildman–Crippen MR) is 114 cm³/mol. The highest BCUT2D eigenvalue weighted by Gasteiger charge is 2.26. The summed E-state index contributed by atoms with van der Waals surface area (Å²) < 4.78 is 7.79. The Hall–Kier alpha value is -1.53. The minimum atomic E-state index is 0.444. The fourth-order valence-electron chi connectivity index (χ4n) is 3.92. The van der Waals surface area contributed by atoms with E-state index in [9.17, 15) is 0 Å². The van der Waals surface area contributed by atoms with Crippen molar-refractivity contribution in [2.75, 3.05) is 33.4 Å². The van der Waals surface area contributed by atoms with Crippen LogP contribution < -0.4 is 0 Å². The number of nitrogens with zero attached hydrogens (tertiary/aromatic N) is 4. The van der Waals surface area contributed by atoms with Gasteiger partial charge in [0.1, 0.15) is 5.82 Å². The van der Waals surface area contributed by atoms with Crippen molar-refractivity contribution in [2.24, 2.45) is 5.92 Å². The van der Waals surface area contributed by atoms with Crippen molar-refractivity contribution in [1.82, 2.24) is 19.4 Å². The number of morpholine rings is 1. The van der Waals surface area contributed by atoms with Gasteiger partial charge < -0.3 is 14.2 Å². The molecule has 0 N–H and O–H groups in total. The number of aromatic nitrogens is 2. The molecule has 0 aliphatic carbocycles. The van der Waals surface area contributed by atoms with Crippen molar-refractivity contribution in [3.63, 3.8) is 0 Å². The van der Waals surface area contributed by atoms with Crippen LogP contribution in [-0.2, 0) is 17.8 Å². The molecule has 28 heavy (non-hydrogen) atoms. The third kappa shape index (κ3) is 3.81. The standard InChI is InChI=1S/C21H26Cl2N4O/c1-14(2)18-12-27-19(11-26-6-8-28-9-7-26)21(24-20(27)13-25(18)3)16-5-4-15(22)10-17(16)23/h4-5,10,12,14H,6-9,11,13H2,1-3H3. The van der Waals surface area contributed by atoms with E-state index in [-0.39, 0.29) is 0 Å². The van der Waals surface area contributed by atoms with Gasteiger partial charge in [-0.15, -0.1) is 0 Å². The Morgan fingerprint density at radius 2 is 1.93 bits per heavy atom. The molecule has 1 saturated heterocycles. The first kappa shape index (κ1) is 19.8. The second-order valence-corrected chi connectivity index (χ2v) is 8.61. The number of fused-ring (bicyclic) bond motifs is 1. The average Bonchev–Trinajstić information content (AvgIpc) is 2.98. The van der Waals surface area contributed by atoms with E-state index in [1.807, 2.05) is 12.1 Å². The van der Waals surface area contributed by atoms with Crippen LogP contribution in [0.3, 0.4) is 0 Å². The third-order valence-corrected chi connectivity index (χ3v) is 5.97. The van der Waals surface area contributed by atoms with Crippen molar-refractivity contribution < 1.29 is 4.74 Å². The molecule has 3 heterocycles. The van der Waals surface area contributed by atoms with Gasteiger partial charge in [-0.05, 0) is 24.1 Å². The molecule has 150 valence electrons. The maximum absolute atomic E-state index is 6.56. The molecule has 0 spiro atoms. The Bertz CT molecular complexity index is 900. The quantitative estimate of drug-likeness (QED) is 0.723. The van der Waals surface area contributed by atoms with Crippen LogP contribution in [0.5, 0.6) is 0 Å². The second-order valence-electron chi connectivity index (χ2n) is 7.77. The summed E-state index contributed by atoms with van der Waals surface area (Å²) in [6.45, 7) is 9.44. The summed E-state index contributed by atoms with van der Waals surface area (Å²) in [6, 6.07) is 5.64. The minimum absolute atomic E-state index is 0.444. The first-order valence-electron chi connectivity index (χ1n) is 9.72. The van der Waals surface area contributed by atoms with E-state index in [0.717, 1.165) is 56.5 Å². The lowest BCUT2D eigenvalue weighted by Gasteiger charge is -2.31. The number of hydrogen-bond acceptors (Lipinski definition) is 4. The Morgan fingerprint density at radius 1 is 1.18 bits per heavy atom. The summed E-state index contributed by atoms with van der Waals surface area (Å²) >= 11 is 12.7. The zero-order valence-electron chi connectivity index (χ0n) is 16.6. The highest BCUT2D eigenvalue weighted by molar-refractivity contribution is 6.36. The van der Waals surface area contributed by atoms with Gasteiger partial charge in [-0.25, -0.2) is 4.98 Å². The number of allylic oxidation sites excluding steroid dienone is 1. The molecule has 2 aromatic rings. The Morgan fingerprint density at radius 3 is 2.61 bits per heavy atom. The summed E-state index contributed by atoms with van der Waals surface area (Å²) in [4.78, 5) is 9.71. The Balaban J connectivity index is 1.83. The lowest BCUT2D eigenvalue weighted by Crippen LogP contribution is -2.36. The Kier molecular flexibility index (Phi) is 5.70. The molecule has 2 aliphatic heterocycles. The molecule has 0 unspecified atom stereocenters. The molecule has 0 bridgehead atoms. The molecule has 4 rings (SSSR count). The van der Waals surface area contributed by atoms with Crippen LogP contribution in [0.4, 0.5) is 0 Å². The largest absolute Gasteiger partial charge is 0.379 e. The van der Waals surface area contributed by atoms with Crippen molar-refractivity contribution in [3.8, 4) is 11.3 Å². The first-order chi connectivity index (χ1) is 13.4. The summed E-state index contributed by atoms with van der Waals surface area (Å²) in [6.07, 6.45) is 2.24. The highest BCUT2D eigenvalue weighted by Crippen LogP contribution is 2.35. The van der Waals surface area contributed by atoms with E-state index in [2.05, 4.69) is 41.5 Å². The maximum Gasteiger partial charge on any atom is 0.133 e. The summed E-state index contributed by atoms with van der Waals surface area (Å²) in [5.41, 5.74) is 4.35. The van der Waals surface area contributed by atoms with E-state index in [1.54, 1.807) is 6.07 Å². The predicted octanol–water partition coefficient (Wildman–Crippen LogP) is 4.59. The number of hydrogen-bond donors (Lipinski definition) is 0. The van der Waals surface area contributed by atoms with Crippen LogP contribution in [0, 0.1) is 5.92 Å². The van der Waals surface area contributed by atoms with Crippen LogP contribution in [0.25, 0.3) is 17.5 Å². The van der Waals surface area contributed by atoms with Gasteiger partial charge in [-0.2, -0.15) is 0 Å². The van der Waals surface area contributed by atoms with E-state index >= 15 is 0 Å². The van der Waals surface area contributed by atoms with Gasteiger partial charge in [-0.3, -0.25) is 4.90 Å². The zero-order valence-corrected chi connectivity index (χ0v) is 18.1. The number of rotatable bonds is 4. The van der Waals surface area contributed by atoms with Gasteiger partial charge in [0, 0.05) is 49.2 Å². The highest BCUT2D eigenvalue weighted by atomic mass is 35.5. The van der Waals surface area contributed by atoms with Crippen LogP contribution in [-0.4, -0.2) is 52.7 Å². The number of ether oxygens (including phenoxy) is 1. The monoisotopic (exact) mass is 420 g/mol. The lowest BCUT2D eigenvalue weighted by atomic mass is 10.1. The molecular weight excluding hydrogens is 395 g/mol. The van der Waals surface area contributed by atoms with Gasteiger partial charge in [-0.1, -0.05) is 37.0 Å². The number of halogens is 2. The molecule has 0 radical (unpaired) electrons. The summed E-state index contributed by atoms with van der Waals surface area (Å²) in [5, 5.41) is 1.27. The zero-order chi connectivity index (χ0) is 19.8. The van der Waals surface area contributed by atoms with Crippen molar-refractivity contribution >= 4 is 29.4 Å². The topological polar surface area (TPSA) is 33.5 Å².